The molecule has 0 saturated heterocycles. The maximum absolute atomic E-state index is 3.74. The second-order valence-corrected chi connectivity index (χ2v) is 6.99. The van der Waals surface area contributed by atoms with Crippen molar-refractivity contribution in [3.8, 4) is 0 Å². The van der Waals surface area contributed by atoms with Crippen LogP contribution in [-0.2, 0) is 0 Å². The highest BCUT2D eigenvalue weighted by Gasteiger charge is 2.54. The summed E-state index contributed by atoms with van der Waals surface area (Å²) in [6.45, 7) is 5.55. The van der Waals surface area contributed by atoms with Crippen molar-refractivity contribution >= 4 is 11.3 Å². The summed E-state index contributed by atoms with van der Waals surface area (Å²) in [5, 5.41) is 3.74. The summed E-state index contributed by atoms with van der Waals surface area (Å²) >= 11 is 1.99. The fourth-order valence-corrected chi connectivity index (χ4v) is 4.82. The van der Waals surface area contributed by atoms with Crippen molar-refractivity contribution in [2.45, 2.75) is 45.6 Å². The summed E-state index contributed by atoms with van der Waals surface area (Å²) in [6.07, 6.45) is 5.92. The predicted molar refractivity (Wildman–Crippen MR) is 74.4 cm³/mol. The van der Waals surface area contributed by atoms with Gasteiger partial charge in [0.2, 0.25) is 0 Å². The zero-order chi connectivity index (χ0) is 11.8. The third-order valence-corrected chi connectivity index (χ3v) is 5.68. The molecular formula is C15H23NS. The molecule has 17 heavy (non-hydrogen) atoms. The molecule has 3 unspecified atom stereocenters. The molecule has 0 aliphatic heterocycles. The van der Waals surface area contributed by atoms with Crippen LogP contribution in [0, 0.1) is 24.7 Å². The molecule has 2 fully saturated rings. The van der Waals surface area contributed by atoms with Crippen molar-refractivity contribution < 1.29 is 0 Å². The van der Waals surface area contributed by atoms with E-state index in [1.165, 1.54) is 30.6 Å². The molecule has 0 bridgehead atoms. The minimum atomic E-state index is 0.645. The van der Waals surface area contributed by atoms with Gasteiger partial charge in [-0.2, -0.15) is 0 Å². The van der Waals surface area contributed by atoms with Crippen molar-refractivity contribution in [3.63, 3.8) is 0 Å². The van der Waals surface area contributed by atoms with E-state index in [-0.39, 0.29) is 0 Å². The smallest absolute Gasteiger partial charge is 0.0448 e. The van der Waals surface area contributed by atoms with Crippen molar-refractivity contribution in [3.05, 3.63) is 21.9 Å². The first-order chi connectivity index (χ1) is 8.31. The lowest BCUT2D eigenvalue weighted by molar-refractivity contribution is 0.463. The zero-order valence-corrected chi connectivity index (χ0v) is 11.7. The maximum atomic E-state index is 3.74. The average Bonchev–Trinajstić information content (AvgIpc) is 2.90. The van der Waals surface area contributed by atoms with Gasteiger partial charge in [0.05, 0.1) is 0 Å². The molecule has 0 aromatic carbocycles. The summed E-state index contributed by atoms with van der Waals surface area (Å²) < 4.78 is 0. The molecule has 2 aliphatic rings. The van der Waals surface area contributed by atoms with E-state index in [1.54, 1.807) is 4.88 Å². The van der Waals surface area contributed by atoms with Crippen LogP contribution in [0.2, 0.25) is 0 Å². The third-order valence-electron chi connectivity index (χ3n) is 4.60. The lowest BCUT2D eigenvalue weighted by Crippen LogP contribution is -2.22. The Morgan fingerprint density at radius 3 is 2.53 bits per heavy atom. The topological polar surface area (TPSA) is 12.0 Å². The number of nitrogens with one attached hydrogen (secondary N) is 1. The number of fused-ring (bicyclic) bond motifs is 1. The van der Waals surface area contributed by atoms with Crippen LogP contribution in [0.3, 0.4) is 0 Å². The summed E-state index contributed by atoms with van der Waals surface area (Å²) in [5.41, 5.74) is 0. The molecule has 1 heterocycles. The Bertz CT molecular complexity index is 372. The first-order valence-corrected chi connectivity index (χ1v) is 7.92. The standard InChI is InChI=1S/C15H23NS/c1-3-16-15(13-9-8-10(2)17-13)14-11-6-4-5-7-12(11)14/h8-9,11-12,14-16H,3-7H2,1-2H3. The van der Waals surface area contributed by atoms with E-state index in [1.807, 2.05) is 11.3 Å². The largest absolute Gasteiger partial charge is 0.309 e. The Morgan fingerprint density at radius 1 is 1.29 bits per heavy atom. The average molecular weight is 249 g/mol. The number of hydrogen-bond acceptors (Lipinski definition) is 2. The van der Waals surface area contributed by atoms with Crippen LogP contribution in [0.25, 0.3) is 0 Å². The number of thiophene rings is 1. The van der Waals surface area contributed by atoms with E-state index in [9.17, 15) is 0 Å². The lowest BCUT2D eigenvalue weighted by Gasteiger charge is -2.16. The summed E-state index contributed by atoms with van der Waals surface area (Å²) in [7, 11) is 0. The van der Waals surface area contributed by atoms with Crippen LogP contribution >= 0.6 is 11.3 Å². The summed E-state index contributed by atoms with van der Waals surface area (Å²) in [6, 6.07) is 5.26. The highest BCUT2D eigenvalue weighted by Crippen LogP contribution is 2.60. The SMILES string of the molecule is CCNC(c1ccc(C)s1)C1C2CCCCC21. The second-order valence-electron chi connectivity index (χ2n) is 5.67. The van der Waals surface area contributed by atoms with E-state index in [0.717, 1.165) is 24.3 Å². The van der Waals surface area contributed by atoms with Gasteiger partial charge in [0.15, 0.2) is 0 Å². The van der Waals surface area contributed by atoms with Gasteiger partial charge in [0.1, 0.15) is 0 Å². The van der Waals surface area contributed by atoms with Crippen LogP contribution in [0.4, 0.5) is 0 Å². The fourth-order valence-electron chi connectivity index (χ4n) is 3.81. The van der Waals surface area contributed by atoms with Crippen LogP contribution in [0.1, 0.15) is 48.4 Å². The molecule has 1 nitrogen and oxygen atoms in total. The van der Waals surface area contributed by atoms with Crippen molar-refractivity contribution in [2.75, 3.05) is 6.54 Å². The third kappa shape index (κ3) is 2.17. The number of aryl methyl sites for hydroxylation is 1. The van der Waals surface area contributed by atoms with Gasteiger partial charge in [-0.15, -0.1) is 11.3 Å². The second kappa shape index (κ2) is 4.74. The van der Waals surface area contributed by atoms with Gasteiger partial charge in [-0.1, -0.05) is 19.8 Å². The predicted octanol–water partition coefficient (Wildman–Crippen LogP) is 4.14. The van der Waals surface area contributed by atoms with E-state index < -0.39 is 0 Å². The Morgan fingerprint density at radius 2 is 2.00 bits per heavy atom. The van der Waals surface area contributed by atoms with Crippen LogP contribution in [-0.4, -0.2) is 6.54 Å². The van der Waals surface area contributed by atoms with Gasteiger partial charge in [-0.25, -0.2) is 0 Å². The maximum Gasteiger partial charge on any atom is 0.0448 e. The molecule has 0 spiro atoms. The van der Waals surface area contributed by atoms with Gasteiger partial charge < -0.3 is 5.32 Å². The molecule has 94 valence electrons. The minimum absolute atomic E-state index is 0.645. The van der Waals surface area contributed by atoms with E-state index in [4.69, 9.17) is 0 Å². The van der Waals surface area contributed by atoms with E-state index in [2.05, 4.69) is 31.3 Å². The molecule has 1 aromatic rings. The summed E-state index contributed by atoms with van der Waals surface area (Å²) in [4.78, 5) is 3.02. The monoisotopic (exact) mass is 249 g/mol. The highest BCUT2D eigenvalue weighted by molar-refractivity contribution is 7.12. The van der Waals surface area contributed by atoms with Gasteiger partial charge in [0, 0.05) is 15.8 Å². The normalized spacial score (nSPS) is 33.2. The molecule has 3 atom stereocenters. The molecule has 0 radical (unpaired) electrons. The molecule has 3 rings (SSSR count). The van der Waals surface area contributed by atoms with E-state index in [0.29, 0.717) is 6.04 Å². The Hall–Kier alpha value is -0.340. The number of rotatable bonds is 4. The van der Waals surface area contributed by atoms with Crippen molar-refractivity contribution in [1.82, 2.24) is 5.32 Å². The molecule has 2 saturated carbocycles. The van der Waals surface area contributed by atoms with Gasteiger partial charge in [0.25, 0.3) is 0 Å². The number of hydrogen-bond donors (Lipinski definition) is 1. The summed E-state index contributed by atoms with van der Waals surface area (Å²) in [5.74, 6) is 3.01. The zero-order valence-electron chi connectivity index (χ0n) is 10.9. The lowest BCUT2D eigenvalue weighted by atomic mass is 10.0. The molecule has 0 amide bonds. The van der Waals surface area contributed by atoms with E-state index >= 15 is 0 Å². The fraction of sp³-hybridized carbons (Fsp3) is 0.733. The van der Waals surface area contributed by atoms with Crippen molar-refractivity contribution in [2.24, 2.45) is 17.8 Å². The molecular weight excluding hydrogens is 226 g/mol. The Labute approximate surface area is 109 Å². The van der Waals surface area contributed by atoms with Gasteiger partial charge >= 0.3 is 0 Å². The molecule has 1 aromatic heterocycles. The highest BCUT2D eigenvalue weighted by atomic mass is 32.1. The Kier molecular flexibility index (Phi) is 3.27. The van der Waals surface area contributed by atoms with Crippen LogP contribution in [0.5, 0.6) is 0 Å². The Balaban J connectivity index is 1.76. The molecule has 1 N–H and O–H groups in total. The van der Waals surface area contributed by atoms with Crippen LogP contribution in [0.15, 0.2) is 12.1 Å². The molecule has 2 aliphatic carbocycles. The first-order valence-electron chi connectivity index (χ1n) is 7.11. The minimum Gasteiger partial charge on any atom is -0.309 e. The quantitative estimate of drug-likeness (QED) is 0.845. The first kappa shape index (κ1) is 11.7. The van der Waals surface area contributed by atoms with Crippen LogP contribution < -0.4 is 5.32 Å². The van der Waals surface area contributed by atoms with Gasteiger partial charge in [-0.3, -0.25) is 0 Å². The van der Waals surface area contributed by atoms with Crippen molar-refractivity contribution in [1.29, 1.82) is 0 Å². The molecule has 2 heteroatoms. The van der Waals surface area contributed by atoms with Gasteiger partial charge in [-0.05, 0) is 56.2 Å².